The lowest BCUT2D eigenvalue weighted by molar-refractivity contribution is -0.133. The van der Waals surface area contributed by atoms with Gasteiger partial charge in [-0.15, -0.1) is 0 Å². The Hall–Kier alpha value is -2.22. The van der Waals surface area contributed by atoms with Crippen LogP contribution in [0.1, 0.15) is 42.0 Å². The number of nitrogens with two attached hydrogens (primary N) is 1. The SMILES string of the molecule is NCC1NNC(=O)C2CCC(c3cnn4c3CN(Cc3ccccc3)CC4)CC12. The lowest BCUT2D eigenvalue weighted by Gasteiger charge is -2.43. The van der Waals surface area contributed by atoms with Crippen molar-refractivity contribution < 1.29 is 4.79 Å². The first kappa shape index (κ1) is 18.8. The van der Waals surface area contributed by atoms with Gasteiger partial charge in [-0.25, -0.2) is 5.43 Å². The van der Waals surface area contributed by atoms with Crippen LogP contribution in [0.2, 0.25) is 0 Å². The van der Waals surface area contributed by atoms with Crippen molar-refractivity contribution in [1.29, 1.82) is 0 Å². The molecule has 3 heterocycles. The highest BCUT2D eigenvalue weighted by Gasteiger charge is 2.43. The van der Waals surface area contributed by atoms with Crippen LogP contribution in [0.15, 0.2) is 36.5 Å². The number of nitrogens with one attached hydrogen (secondary N) is 2. The smallest absolute Gasteiger partial charge is 0.237 e. The van der Waals surface area contributed by atoms with Gasteiger partial charge in [-0.1, -0.05) is 30.3 Å². The van der Waals surface area contributed by atoms with Crippen LogP contribution in [0.25, 0.3) is 0 Å². The molecule has 4 unspecified atom stereocenters. The minimum Gasteiger partial charge on any atom is -0.329 e. The Morgan fingerprint density at radius 3 is 2.86 bits per heavy atom. The summed E-state index contributed by atoms with van der Waals surface area (Å²) in [5, 5.41) is 4.70. The van der Waals surface area contributed by atoms with Crippen molar-refractivity contribution in [3.8, 4) is 0 Å². The zero-order valence-electron chi connectivity index (χ0n) is 16.8. The van der Waals surface area contributed by atoms with Gasteiger partial charge in [0, 0.05) is 38.1 Å². The van der Waals surface area contributed by atoms with Gasteiger partial charge < -0.3 is 5.73 Å². The summed E-state index contributed by atoms with van der Waals surface area (Å²) in [4.78, 5) is 14.8. The molecular weight excluding hydrogens is 364 g/mol. The van der Waals surface area contributed by atoms with Gasteiger partial charge in [0.05, 0.1) is 18.4 Å². The Labute approximate surface area is 171 Å². The normalized spacial score (nSPS) is 29.8. The topological polar surface area (TPSA) is 88.2 Å². The van der Waals surface area contributed by atoms with Crippen molar-refractivity contribution in [2.75, 3.05) is 13.1 Å². The first-order valence-corrected chi connectivity index (χ1v) is 10.8. The van der Waals surface area contributed by atoms with Gasteiger partial charge in [0.25, 0.3) is 0 Å². The van der Waals surface area contributed by atoms with Gasteiger partial charge in [-0.05, 0) is 42.2 Å². The summed E-state index contributed by atoms with van der Waals surface area (Å²) >= 11 is 0. The second-order valence-electron chi connectivity index (χ2n) is 8.72. The molecule has 0 radical (unpaired) electrons. The minimum atomic E-state index is 0.0852. The number of fused-ring (bicyclic) bond motifs is 2. The van der Waals surface area contributed by atoms with Crippen LogP contribution in [-0.2, 0) is 24.4 Å². The van der Waals surface area contributed by atoms with E-state index in [2.05, 4.69) is 57.0 Å². The molecule has 5 rings (SSSR count). The summed E-state index contributed by atoms with van der Waals surface area (Å²) in [5.41, 5.74) is 16.0. The number of nitrogens with zero attached hydrogens (tertiary/aromatic N) is 3. The molecule has 1 aromatic carbocycles. The van der Waals surface area contributed by atoms with Crippen LogP contribution in [-0.4, -0.2) is 39.7 Å². The van der Waals surface area contributed by atoms with E-state index in [0.29, 0.717) is 18.4 Å². The third kappa shape index (κ3) is 3.58. The summed E-state index contributed by atoms with van der Waals surface area (Å²) in [5.74, 6) is 0.969. The van der Waals surface area contributed by atoms with E-state index in [1.807, 2.05) is 0 Å². The average Bonchev–Trinajstić information content (AvgIpc) is 3.18. The van der Waals surface area contributed by atoms with Crippen LogP contribution >= 0.6 is 0 Å². The van der Waals surface area contributed by atoms with Crippen molar-refractivity contribution in [2.45, 2.75) is 50.9 Å². The maximum Gasteiger partial charge on any atom is 0.237 e. The van der Waals surface area contributed by atoms with Crippen molar-refractivity contribution in [3.05, 3.63) is 53.3 Å². The monoisotopic (exact) mass is 394 g/mol. The number of hydrazine groups is 1. The van der Waals surface area contributed by atoms with E-state index < -0.39 is 0 Å². The van der Waals surface area contributed by atoms with E-state index >= 15 is 0 Å². The zero-order valence-corrected chi connectivity index (χ0v) is 16.8. The number of benzene rings is 1. The molecule has 29 heavy (non-hydrogen) atoms. The number of amides is 1. The molecule has 7 heteroatoms. The Bertz CT molecular complexity index is 865. The predicted octanol–water partition coefficient (Wildman–Crippen LogP) is 1.36. The van der Waals surface area contributed by atoms with E-state index in [-0.39, 0.29) is 17.9 Å². The Morgan fingerprint density at radius 2 is 2.03 bits per heavy atom. The fourth-order valence-corrected chi connectivity index (χ4v) is 5.49. The summed E-state index contributed by atoms with van der Waals surface area (Å²) in [7, 11) is 0. The molecule has 7 nitrogen and oxygen atoms in total. The second-order valence-corrected chi connectivity index (χ2v) is 8.72. The molecular formula is C22H30N6O. The standard InChI is InChI=1S/C22H30N6O/c23-11-20-18-10-16(6-7-17(18)22(29)26-25-20)19-12-24-28-9-8-27(14-21(19)28)13-15-4-2-1-3-5-15/h1-5,12,16-18,20,25H,6-11,13-14,23H2,(H,26,29). The molecule has 2 fully saturated rings. The van der Waals surface area contributed by atoms with E-state index in [1.54, 1.807) is 0 Å². The molecule has 2 aliphatic heterocycles. The molecule has 0 bridgehead atoms. The lowest BCUT2D eigenvalue weighted by atomic mass is 9.68. The zero-order chi connectivity index (χ0) is 19.8. The molecule has 0 spiro atoms. The highest BCUT2D eigenvalue weighted by atomic mass is 16.2. The maximum atomic E-state index is 12.3. The third-order valence-electron chi connectivity index (χ3n) is 7.06. The number of aromatic nitrogens is 2. The van der Waals surface area contributed by atoms with Crippen LogP contribution < -0.4 is 16.6 Å². The van der Waals surface area contributed by atoms with Crippen LogP contribution in [0, 0.1) is 11.8 Å². The van der Waals surface area contributed by atoms with Gasteiger partial charge in [0.15, 0.2) is 0 Å². The van der Waals surface area contributed by atoms with Crippen LogP contribution in [0.3, 0.4) is 0 Å². The third-order valence-corrected chi connectivity index (χ3v) is 7.06. The molecule has 154 valence electrons. The number of hydrogen-bond donors (Lipinski definition) is 3. The molecule has 4 atom stereocenters. The van der Waals surface area contributed by atoms with E-state index in [9.17, 15) is 4.79 Å². The minimum absolute atomic E-state index is 0.0852. The van der Waals surface area contributed by atoms with Gasteiger partial charge in [0.2, 0.25) is 5.91 Å². The van der Waals surface area contributed by atoms with Gasteiger partial charge in [-0.3, -0.25) is 19.8 Å². The van der Waals surface area contributed by atoms with Crippen molar-refractivity contribution in [3.63, 3.8) is 0 Å². The molecule has 1 saturated carbocycles. The molecule has 1 amide bonds. The first-order chi connectivity index (χ1) is 14.2. The molecule has 4 N–H and O–H groups in total. The molecule has 2 aromatic rings. The molecule has 1 aromatic heterocycles. The summed E-state index contributed by atoms with van der Waals surface area (Å²) in [6, 6.07) is 10.8. The fraction of sp³-hybridized carbons (Fsp3) is 0.545. The van der Waals surface area contributed by atoms with E-state index in [4.69, 9.17) is 10.8 Å². The largest absolute Gasteiger partial charge is 0.329 e. The number of carbonyl (C=O) groups is 1. The molecule has 1 aliphatic carbocycles. The summed E-state index contributed by atoms with van der Waals surface area (Å²) < 4.78 is 2.19. The number of hydrogen-bond acceptors (Lipinski definition) is 5. The second kappa shape index (κ2) is 7.89. The Balaban J connectivity index is 1.33. The molecule has 1 saturated heterocycles. The van der Waals surface area contributed by atoms with E-state index in [1.165, 1.54) is 16.8 Å². The van der Waals surface area contributed by atoms with Crippen molar-refractivity contribution >= 4 is 5.91 Å². The first-order valence-electron chi connectivity index (χ1n) is 10.8. The van der Waals surface area contributed by atoms with Gasteiger partial charge >= 0.3 is 0 Å². The van der Waals surface area contributed by atoms with E-state index in [0.717, 1.165) is 45.4 Å². The Morgan fingerprint density at radius 1 is 1.17 bits per heavy atom. The summed E-state index contributed by atoms with van der Waals surface area (Å²) in [6.45, 7) is 4.42. The highest BCUT2D eigenvalue weighted by Crippen LogP contribution is 2.43. The lowest BCUT2D eigenvalue weighted by Crippen LogP contribution is -2.62. The fourth-order valence-electron chi connectivity index (χ4n) is 5.49. The Kier molecular flexibility index (Phi) is 5.11. The predicted molar refractivity (Wildman–Crippen MR) is 110 cm³/mol. The van der Waals surface area contributed by atoms with Gasteiger partial charge in [0.1, 0.15) is 0 Å². The maximum absolute atomic E-state index is 12.3. The highest BCUT2D eigenvalue weighted by molar-refractivity contribution is 5.79. The van der Waals surface area contributed by atoms with Crippen molar-refractivity contribution in [1.82, 2.24) is 25.5 Å². The van der Waals surface area contributed by atoms with Crippen LogP contribution in [0.4, 0.5) is 0 Å². The quantitative estimate of drug-likeness (QED) is 0.729. The van der Waals surface area contributed by atoms with Crippen LogP contribution in [0.5, 0.6) is 0 Å². The molecule has 3 aliphatic rings. The number of rotatable bonds is 4. The number of carbonyl (C=O) groups excluding carboxylic acids is 1. The van der Waals surface area contributed by atoms with Gasteiger partial charge in [-0.2, -0.15) is 5.10 Å². The van der Waals surface area contributed by atoms with Crippen molar-refractivity contribution in [2.24, 2.45) is 17.6 Å². The average molecular weight is 395 g/mol. The summed E-state index contributed by atoms with van der Waals surface area (Å²) in [6.07, 6.45) is 5.06.